The normalized spacial score (nSPS) is 11.1. The van der Waals surface area contributed by atoms with Crippen LogP contribution in [-0.4, -0.2) is 9.13 Å². The molecule has 0 aliphatic carbocycles. The zero-order valence-electron chi connectivity index (χ0n) is 13.5. The van der Waals surface area contributed by atoms with Crippen LogP contribution in [0.15, 0.2) is 33.9 Å². The molecule has 0 atom stereocenters. The van der Waals surface area contributed by atoms with Gasteiger partial charge in [-0.15, -0.1) is 11.3 Å². The van der Waals surface area contributed by atoms with Gasteiger partial charge in [0.1, 0.15) is 16.8 Å². The van der Waals surface area contributed by atoms with E-state index in [0.29, 0.717) is 22.6 Å². The molecular formula is C17H18N2O3S. The Labute approximate surface area is 137 Å². The van der Waals surface area contributed by atoms with Gasteiger partial charge in [0.15, 0.2) is 5.75 Å². The lowest BCUT2D eigenvalue weighted by molar-refractivity contribution is 0.308. The zero-order valence-corrected chi connectivity index (χ0v) is 14.4. The Bertz CT molecular complexity index is 994. The van der Waals surface area contributed by atoms with E-state index >= 15 is 0 Å². The maximum atomic E-state index is 12.3. The molecule has 0 aliphatic rings. The molecule has 2 heterocycles. The fourth-order valence-electron chi connectivity index (χ4n) is 2.54. The SMILES string of the molecule is Cc1ccc(COc2c(C)sc3c(=O)n(C)c(=O)n(C)c23)cc1. The van der Waals surface area contributed by atoms with Crippen LogP contribution in [-0.2, 0) is 20.7 Å². The molecular weight excluding hydrogens is 312 g/mol. The monoisotopic (exact) mass is 330 g/mol. The Morgan fingerprint density at radius 3 is 2.35 bits per heavy atom. The number of hydrogen-bond acceptors (Lipinski definition) is 4. The van der Waals surface area contributed by atoms with E-state index in [0.717, 1.165) is 15.0 Å². The van der Waals surface area contributed by atoms with Gasteiger partial charge in [-0.25, -0.2) is 4.79 Å². The van der Waals surface area contributed by atoms with E-state index in [2.05, 4.69) is 0 Å². The Balaban J connectivity index is 2.07. The first-order valence-electron chi connectivity index (χ1n) is 7.27. The van der Waals surface area contributed by atoms with Crippen molar-refractivity contribution in [2.75, 3.05) is 0 Å². The second-order valence-electron chi connectivity index (χ2n) is 5.65. The predicted molar refractivity (Wildman–Crippen MR) is 92.6 cm³/mol. The van der Waals surface area contributed by atoms with Crippen LogP contribution in [0.25, 0.3) is 10.2 Å². The summed E-state index contributed by atoms with van der Waals surface area (Å²) in [5, 5.41) is 0. The smallest absolute Gasteiger partial charge is 0.331 e. The number of fused-ring (bicyclic) bond motifs is 1. The van der Waals surface area contributed by atoms with Crippen molar-refractivity contribution in [2.24, 2.45) is 14.1 Å². The maximum Gasteiger partial charge on any atom is 0.331 e. The number of aryl methyl sites for hydroxylation is 3. The van der Waals surface area contributed by atoms with Crippen LogP contribution in [0.3, 0.4) is 0 Å². The molecule has 0 saturated carbocycles. The van der Waals surface area contributed by atoms with E-state index in [1.807, 2.05) is 38.1 Å². The molecule has 0 bridgehead atoms. The minimum atomic E-state index is -0.347. The van der Waals surface area contributed by atoms with Gasteiger partial charge in [0.25, 0.3) is 5.56 Å². The summed E-state index contributed by atoms with van der Waals surface area (Å²) in [6.07, 6.45) is 0. The number of aromatic nitrogens is 2. The van der Waals surface area contributed by atoms with E-state index in [1.54, 1.807) is 7.05 Å². The highest BCUT2D eigenvalue weighted by Crippen LogP contribution is 2.34. The number of hydrogen-bond donors (Lipinski definition) is 0. The summed E-state index contributed by atoms with van der Waals surface area (Å²) in [6.45, 7) is 4.34. The molecule has 120 valence electrons. The molecule has 0 aliphatic heterocycles. The standard InChI is InChI=1S/C17H18N2O3S/c1-10-5-7-12(8-6-10)9-22-14-11(2)23-15-13(14)18(3)17(21)19(4)16(15)20/h5-8H,9H2,1-4H3. The molecule has 0 amide bonds. The van der Waals surface area contributed by atoms with E-state index in [-0.39, 0.29) is 11.2 Å². The summed E-state index contributed by atoms with van der Waals surface area (Å²) >= 11 is 1.36. The number of rotatable bonds is 3. The Kier molecular flexibility index (Phi) is 3.85. The summed E-state index contributed by atoms with van der Waals surface area (Å²) < 4.78 is 9.10. The molecule has 0 saturated heterocycles. The van der Waals surface area contributed by atoms with Crippen molar-refractivity contribution >= 4 is 21.6 Å². The molecule has 0 N–H and O–H groups in total. The summed E-state index contributed by atoms with van der Waals surface area (Å²) in [4.78, 5) is 25.3. The lowest BCUT2D eigenvalue weighted by atomic mass is 10.2. The van der Waals surface area contributed by atoms with Gasteiger partial charge >= 0.3 is 5.69 Å². The van der Waals surface area contributed by atoms with Crippen LogP contribution in [0.4, 0.5) is 0 Å². The maximum absolute atomic E-state index is 12.3. The second kappa shape index (κ2) is 5.70. The van der Waals surface area contributed by atoms with Gasteiger partial charge < -0.3 is 4.74 Å². The number of benzene rings is 1. The summed E-state index contributed by atoms with van der Waals surface area (Å²) in [6, 6.07) is 8.08. The molecule has 6 heteroatoms. The molecule has 23 heavy (non-hydrogen) atoms. The van der Waals surface area contributed by atoms with Crippen molar-refractivity contribution in [1.29, 1.82) is 0 Å². The van der Waals surface area contributed by atoms with Crippen molar-refractivity contribution in [3.8, 4) is 5.75 Å². The van der Waals surface area contributed by atoms with Crippen molar-refractivity contribution < 1.29 is 4.74 Å². The lowest BCUT2D eigenvalue weighted by Crippen LogP contribution is -2.36. The Hall–Kier alpha value is -2.34. The Morgan fingerprint density at radius 1 is 1.04 bits per heavy atom. The van der Waals surface area contributed by atoms with Crippen LogP contribution in [0.2, 0.25) is 0 Å². The Morgan fingerprint density at radius 2 is 1.70 bits per heavy atom. The predicted octanol–water partition coefficient (Wildman–Crippen LogP) is 2.49. The van der Waals surface area contributed by atoms with Gasteiger partial charge in [-0.05, 0) is 19.4 Å². The molecule has 2 aromatic heterocycles. The summed E-state index contributed by atoms with van der Waals surface area (Å²) in [5.74, 6) is 0.614. The van der Waals surface area contributed by atoms with Crippen molar-refractivity contribution in [3.63, 3.8) is 0 Å². The highest BCUT2D eigenvalue weighted by atomic mass is 32.1. The van der Waals surface area contributed by atoms with Gasteiger partial charge in [0.2, 0.25) is 0 Å². The van der Waals surface area contributed by atoms with E-state index in [9.17, 15) is 9.59 Å². The minimum absolute atomic E-state index is 0.276. The fraction of sp³-hybridized carbons (Fsp3) is 0.294. The first-order chi connectivity index (χ1) is 10.9. The van der Waals surface area contributed by atoms with Crippen LogP contribution < -0.4 is 16.0 Å². The molecule has 3 rings (SSSR count). The van der Waals surface area contributed by atoms with Gasteiger partial charge in [-0.1, -0.05) is 29.8 Å². The lowest BCUT2D eigenvalue weighted by Gasteiger charge is -2.09. The van der Waals surface area contributed by atoms with Crippen LogP contribution >= 0.6 is 11.3 Å². The van der Waals surface area contributed by atoms with Gasteiger partial charge in [-0.3, -0.25) is 13.9 Å². The van der Waals surface area contributed by atoms with E-state index in [4.69, 9.17) is 4.74 Å². The third-order valence-electron chi connectivity index (χ3n) is 3.92. The highest BCUT2D eigenvalue weighted by Gasteiger charge is 2.18. The van der Waals surface area contributed by atoms with Gasteiger partial charge in [-0.2, -0.15) is 0 Å². The van der Waals surface area contributed by atoms with E-state index < -0.39 is 0 Å². The van der Waals surface area contributed by atoms with Crippen molar-refractivity contribution in [1.82, 2.24) is 9.13 Å². The van der Waals surface area contributed by atoms with Crippen LogP contribution in [0.5, 0.6) is 5.75 Å². The largest absolute Gasteiger partial charge is 0.486 e. The van der Waals surface area contributed by atoms with Crippen molar-refractivity contribution in [2.45, 2.75) is 20.5 Å². The molecule has 0 fully saturated rings. The van der Waals surface area contributed by atoms with Crippen molar-refractivity contribution in [3.05, 3.63) is 61.1 Å². The first-order valence-corrected chi connectivity index (χ1v) is 8.09. The number of nitrogens with zero attached hydrogens (tertiary/aromatic N) is 2. The van der Waals surface area contributed by atoms with Crippen LogP contribution in [0, 0.1) is 13.8 Å². The van der Waals surface area contributed by atoms with E-state index in [1.165, 1.54) is 28.5 Å². The quantitative estimate of drug-likeness (QED) is 0.741. The van der Waals surface area contributed by atoms with Gasteiger partial charge in [0, 0.05) is 19.0 Å². The first kappa shape index (κ1) is 15.6. The summed E-state index contributed by atoms with van der Waals surface area (Å²) in [5.41, 5.74) is 2.19. The van der Waals surface area contributed by atoms with Gasteiger partial charge in [0.05, 0.1) is 0 Å². The molecule has 0 spiro atoms. The molecule has 0 unspecified atom stereocenters. The molecule has 0 radical (unpaired) electrons. The second-order valence-corrected chi connectivity index (χ2v) is 6.87. The zero-order chi connectivity index (χ0) is 16.7. The summed E-state index contributed by atoms with van der Waals surface area (Å²) in [7, 11) is 3.15. The molecule has 5 nitrogen and oxygen atoms in total. The third-order valence-corrected chi connectivity index (χ3v) is 4.98. The number of thiophene rings is 1. The topological polar surface area (TPSA) is 53.2 Å². The third kappa shape index (κ3) is 2.59. The average Bonchev–Trinajstić information content (AvgIpc) is 2.87. The van der Waals surface area contributed by atoms with Crippen LogP contribution in [0.1, 0.15) is 16.0 Å². The average molecular weight is 330 g/mol. The number of ether oxygens (including phenoxy) is 1. The minimum Gasteiger partial charge on any atom is -0.486 e. The molecule has 1 aromatic carbocycles. The molecule has 3 aromatic rings. The highest BCUT2D eigenvalue weighted by molar-refractivity contribution is 7.19. The fourth-order valence-corrected chi connectivity index (χ4v) is 3.64.